The molecule has 0 heterocycles. The van der Waals surface area contributed by atoms with Crippen LogP contribution in [0.15, 0.2) is 47.6 Å². The van der Waals surface area contributed by atoms with Gasteiger partial charge in [-0.05, 0) is 68.2 Å². The third kappa shape index (κ3) is 2.61. The van der Waals surface area contributed by atoms with Gasteiger partial charge in [-0.2, -0.15) is 0 Å². The lowest BCUT2D eigenvalue weighted by Crippen LogP contribution is -2.71. The number of carbonyl (C=O) groups excluding carboxylic acids is 1. The number of non-ortho nitro benzene ring substituents is 1. The Morgan fingerprint density at radius 3 is 2.69 bits per heavy atom. The molecule has 6 heteroatoms. The predicted molar refractivity (Wildman–Crippen MR) is 106 cm³/mol. The highest BCUT2D eigenvalue weighted by atomic mass is 16.6. The highest BCUT2D eigenvalue weighted by Crippen LogP contribution is 2.69. The molecular formula is C23H25NO5. The smallest absolute Gasteiger partial charge is 0.339 e. The van der Waals surface area contributed by atoms with Crippen LogP contribution in [0.2, 0.25) is 0 Å². The monoisotopic (exact) mass is 395 g/mol. The van der Waals surface area contributed by atoms with E-state index in [1.54, 1.807) is 0 Å². The first-order valence-corrected chi connectivity index (χ1v) is 10.6. The lowest BCUT2D eigenvalue weighted by molar-refractivity contribution is -0.384. The van der Waals surface area contributed by atoms with Crippen molar-refractivity contribution in [3.8, 4) is 0 Å². The van der Waals surface area contributed by atoms with Gasteiger partial charge < -0.3 is 9.47 Å². The first-order chi connectivity index (χ1) is 14.1. The maximum atomic E-state index is 13.1. The summed E-state index contributed by atoms with van der Waals surface area (Å²) in [7, 11) is 0. The summed E-state index contributed by atoms with van der Waals surface area (Å²) in [5.41, 5.74) is 2.24. The molecule has 0 saturated heterocycles. The van der Waals surface area contributed by atoms with Crippen LogP contribution >= 0.6 is 0 Å². The molecule has 5 atom stereocenters. The van der Waals surface area contributed by atoms with Crippen LogP contribution in [0.3, 0.4) is 0 Å². The molecule has 0 aliphatic heterocycles. The maximum absolute atomic E-state index is 13.1. The van der Waals surface area contributed by atoms with Crippen molar-refractivity contribution < 1.29 is 19.2 Å². The van der Waals surface area contributed by atoms with Crippen LogP contribution in [-0.2, 0) is 9.47 Å². The fraction of sp³-hybridized carbons (Fsp3) is 0.522. The molecule has 4 aliphatic rings. The second-order valence-electron chi connectivity index (χ2n) is 8.50. The highest BCUT2D eigenvalue weighted by Gasteiger charge is 2.71. The molecule has 1 aromatic rings. The van der Waals surface area contributed by atoms with E-state index in [1.165, 1.54) is 36.3 Å². The molecule has 0 aromatic heterocycles. The van der Waals surface area contributed by atoms with Crippen molar-refractivity contribution in [2.75, 3.05) is 6.61 Å². The minimum atomic E-state index is -0.554. The number of rotatable bonds is 5. The number of nitrogens with zero attached hydrogens (tertiary/aromatic N) is 1. The molecule has 0 amide bonds. The van der Waals surface area contributed by atoms with Crippen molar-refractivity contribution in [1.29, 1.82) is 0 Å². The second kappa shape index (κ2) is 6.80. The summed E-state index contributed by atoms with van der Waals surface area (Å²) >= 11 is 0. The van der Waals surface area contributed by atoms with Gasteiger partial charge in [0.1, 0.15) is 5.60 Å². The Kier molecular flexibility index (Phi) is 4.35. The van der Waals surface area contributed by atoms with Crippen LogP contribution in [0, 0.1) is 27.9 Å². The number of fused-ring (bicyclic) bond motifs is 5. The standard InChI is InChI=1S/C23H25NO5/c1-2-28-21-13-20-16-11-12-19(16)23(20,18-6-4-3-5-17(18)21)29-22(25)14-7-9-15(10-8-14)24(26)27/h4,6-10,16,19-21H,2-3,5,11-13H2,1H3. The van der Waals surface area contributed by atoms with Gasteiger partial charge in [-0.1, -0.05) is 12.2 Å². The molecule has 0 N–H and O–H groups in total. The first-order valence-electron chi connectivity index (χ1n) is 10.6. The van der Waals surface area contributed by atoms with Crippen molar-refractivity contribution >= 4 is 11.7 Å². The number of ether oxygens (including phenoxy) is 2. The Morgan fingerprint density at radius 2 is 2.03 bits per heavy atom. The summed E-state index contributed by atoms with van der Waals surface area (Å²) in [6, 6.07) is 5.69. The Balaban J connectivity index is 1.49. The third-order valence-corrected chi connectivity index (χ3v) is 7.38. The number of carbonyl (C=O) groups is 1. The summed E-state index contributed by atoms with van der Waals surface area (Å²) in [4.78, 5) is 23.5. The van der Waals surface area contributed by atoms with Gasteiger partial charge in [0.15, 0.2) is 0 Å². The van der Waals surface area contributed by atoms with Crippen molar-refractivity contribution in [2.45, 2.75) is 50.7 Å². The van der Waals surface area contributed by atoms with Crippen LogP contribution in [0.4, 0.5) is 5.69 Å². The van der Waals surface area contributed by atoms with E-state index in [4.69, 9.17) is 9.47 Å². The average Bonchev–Trinajstić information content (AvgIpc) is 2.70. The van der Waals surface area contributed by atoms with E-state index in [-0.39, 0.29) is 11.8 Å². The molecule has 0 spiro atoms. The summed E-state index contributed by atoms with van der Waals surface area (Å²) in [5, 5.41) is 10.9. The number of nitro benzene ring substituents is 1. The maximum Gasteiger partial charge on any atom is 0.339 e. The van der Waals surface area contributed by atoms with Gasteiger partial charge in [0.05, 0.1) is 16.6 Å². The van der Waals surface area contributed by atoms with Gasteiger partial charge in [0.2, 0.25) is 0 Å². The molecule has 0 bridgehead atoms. The van der Waals surface area contributed by atoms with Crippen molar-refractivity contribution in [3.05, 3.63) is 63.2 Å². The van der Waals surface area contributed by atoms with Crippen LogP contribution in [0.25, 0.3) is 0 Å². The summed E-state index contributed by atoms with van der Waals surface area (Å²) in [6.07, 6.45) is 9.60. The zero-order valence-corrected chi connectivity index (χ0v) is 16.5. The minimum Gasteiger partial charge on any atom is -0.450 e. The largest absolute Gasteiger partial charge is 0.450 e. The molecule has 5 unspecified atom stereocenters. The molecule has 2 fully saturated rings. The Hall–Kier alpha value is -2.47. The third-order valence-electron chi connectivity index (χ3n) is 7.38. The Morgan fingerprint density at radius 1 is 1.24 bits per heavy atom. The van der Waals surface area contributed by atoms with E-state index in [9.17, 15) is 14.9 Å². The minimum absolute atomic E-state index is 0.0299. The molecule has 152 valence electrons. The lowest BCUT2D eigenvalue weighted by Gasteiger charge is -2.69. The Bertz CT molecular complexity index is 918. The van der Waals surface area contributed by atoms with Gasteiger partial charge in [-0.3, -0.25) is 10.1 Å². The topological polar surface area (TPSA) is 78.7 Å². The second-order valence-corrected chi connectivity index (χ2v) is 8.50. The van der Waals surface area contributed by atoms with Crippen molar-refractivity contribution in [2.24, 2.45) is 17.8 Å². The molecule has 4 aliphatic carbocycles. The van der Waals surface area contributed by atoms with Gasteiger partial charge in [0, 0.05) is 30.6 Å². The fourth-order valence-corrected chi connectivity index (χ4v) is 6.04. The van der Waals surface area contributed by atoms with E-state index >= 15 is 0 Å². The van der Waals surface area contributed by atoms with Crippen LogP contribution in [0.1, 0.15) is 49.4 Å². The number of esters is 1. The van der Waals surface area contributed by atoms with Gasteiger partial charge in [0.25, 0.3) is 5.69 Å². The Labute approximate surface area is 169 Å². The number of hydrogen-bond donors (Lipinski definition) is 0. The van der Waals surface area contributed by atoms with Crippen molar-refractivity contribution in [1.82, 2.24) is 0 Å². The van der Waals surface area contributed by atoms with E-state index < -0.39 is 16.5 Å². The quantitative estimate of drug-likeness (QED) is 0.413. The van der Waals surface area contributed by atoms with Gasteiger partial charge in [-0.25, -0.2) is 4.79 Å². The van der Waals surface area contributed by atoms with E-state index in [0.29, 0.717) is 29.9 Å². The van der Waals surface area contributed by atoms with Gasteiger partial charge in [-0.15, -0.1) is 0 Å². The van der Waals surface area contributed by atoms with Crippen LogP contribution in [0.5, 0.6) is 0 Å². The summed E-state index contributed by atoms with van der Waals surface area (Å²) in [6.45, 7) is 2.71. The normalized spacial score (nSPS) is 34.2. The van der Waals surface area contributed by atoms with Crippen molar-refractivity contribution in [3.63, 3.8) is 0 Å². The molecule has 5 rings (SSSR count). The number of nitro groups is 1. The fourth-order valence-electron chi connectivity index (χ4n) is 6.04. The molecular weight excluding hydrogens is 370 g/mol. The SMILES string of the molecule is CCOC1CC2C3CCC3C2(OC(=O)c2ccc([N+](=O)[O-])cc2)C2=C1CCC=C2. The van der Waals surface area contributed by atoms with E-state index in [0.717, 1.165) is 31.3 Å². The first kappa shape index (κ1) is 18.6. The highest BCUT2D eigenvalue weighted by molar-refractivity contribution is 5.90. The average molecular weight is 395 g/mol. The number of allylic oxidation sites excluding steroid dienone is 1. The van der Waals surface area contributed by atoms with Crippen LogP contribution < -0.4 is 0 Å². The molecule has 2 saturated carbocycles. The van der Waals surface area contributed by atoms with E-state index in [2.05, 4.69) is 12.2 Å². The van der Waals surface area contributed by atoms with Gasteiger partial charge >= 0.3 is 5.97 Å². The summed E-state index contributed by atoms with van der Waals surface area (Å²) in [5.74, 6) is 0.883. The lowest BCUT2D eigenvalue weighted by atomic mass is 9.39. The summed E-state index contributed by atoms with van der Waals surface area (Å²) < 4.78 is 12.4. The van der Waals surface area contributed by atoms with Crippen LogP contribution in [-0.4, -0.2) is 29.2 Å². The molecule has 6 nitrogen and oxygen atoms in total. The predicted octanol–water partition coefficient (Wildman–Crippen LogP) is 4.60. The molecule has 1 aromatic carbocycles. The molecule has 0 radical (unpaired) electrons. The number of hydrogen-bond acceptors (Lipinski definition) is 5. The zero-order chi connectivity index (χ0) is 20.2. The molecule has 29 heavy (non-hydrogen) atoms. The zero-order valence-electron chi connectivity index (χ0n) is 16.5. The number of benzene rings is 1. The van der Waals surface area contributed by atoms with E-state index in [1.807, 2.05) is 6.92 Å².